The van der Waals surface area contributed by atoms with Gasteiger partial charge in [-0.1, -0.05) is 19.1 Å². The van der Waals surface area contributed by atoms with E-state index in [-0.39, 0.29) is 18.1 Å². The summed E-state index contributed by atoms with van der Waals surface area (Å²) in [5, 5.41) is 19.6. The number of ether oxygens (including phenoxy) is 1. The van der Waals surface area contributed by atoms with Crippen LogP contribution in [0, 0.1) is 0 Å². The largest absolute Gasteiger partial charge is 0.545 e. The van der Waals surface area contributed by atoms with Crippen LogP contribution in [0.1, 0.15) is 33.6 Å². The van der Waals surface area contributed by atoms with Gasteiger partial charge < -0.3 is 25.1 Å². The molecule has 7 heteroatoms. The fraction of sp³-hybridized carbons (Fsp3) is 0.533. The molecular weight excluding hydrogens is 290 g/mol. The van der Waals surface area contributed by atoms with Crippen molar-refractivity contribution in [1.82, 2.24) is 0 Å². The van der Waals surface area contributed by atoms with Gasteiger partial charge in [-0.15, -0.1) is 0 Å². The number of quaternary nitrogens is 1. The highest BCUT2D eigenvalue weighted by Gasteiger charge is 2.11. The molecule has 0 aliphatic heterocycles. The van der Waals surface area contributed by atoms with E-state index in [9.17, 15) is 19.5 Å². The topological polar surface area (TPSA) is 120 Å². The van der Waals surface area contributed by atoms with E-state index in [1.807, 2.05) is 13.8 Å². The molecule has 22 heavy (non-hydrogen) atoms. The van der Waals surface area contributed by atoms with E-state index in [4.69, 9.17) is 5.11 Å². The predicted molar refractivity (Wildman–Crippen MR) is 78.7 cm³/mol. The lowest BCUT2D eigenvalue weighted by atomic mass is 10.0. The third kappa shape index (κ3) is 11.7. The molecule has 0 amide bonds. The highest BCUT2D eigenvalue weighted by atomic mass is 16.5. The van der Waals surface area contributed by atoms with Crippen LogP contribution < -0.4 is 10.4 Å². The lowest BCUT2D eigenvalue weighted by molar-refractivity contribution is -0.644. The second-order valence-corrected chi connectivity index (χ2v) is 4.60. The summed E-state index contributed by atoms with van der Waals surface area (Å²) in [7, 11) is 1.36. The quantitative estimate of drug-likeness (QED) is 0.345. The van der Waals surface area contributed by atoms with Crippen LogP contribution in [0.15, 0.2) is 23.3 Å². The monoisotopic (exact) mass is 315 g/mol. The number of carboxylic acid groups (broad SMARTS) is 2. The third-order valence-electron chi connectivity index (χ3n) is 2.69. The van der Waals surface area contributed by atoms with Crippen molar-refractivity contribution in [2.75, 3.05) is 20.2 Å². The summed E-state index contributed by atoms with van der Waals surface area (Å²) in [6, 6.07) is 0. The van der Waals surface area contributed by atoms with Crippen molar-refractivity contribution in [3.05, 3.63) is 23.3 Å². The Balaban J connectivity index is 0. The summed E-state index contributed by atoms with van der Waals surface area (Å²) in [5.74, 6) is -2.31. The maximum atomic E-state index is 11.3. The molecule has 7 nitrogen and oxygen atoms in total. The Labute approximate surface area is 130 Å². The van der Waals surface area contributed by atoms with Crippen LogP contribution in [-0.2, 0) is 19.1 Å². The van der Waals surface area contributed by atoms with Gasteiger partial charge in [0.2, 0.25) is 0 Å². The summed E-state index contributed by atoms with van der Waals surface area (Å²) in [5.41, 5.74) is 1.72. The van der Waals surface area contributed by atoms with Gasteiger partial charge >= 0.3 is 11.9 Å². The minimum atomic E-state index is -1.19. The molecule has 0 bridgehead atoms. The number of carboxylic acids is 2. The Morgan fingerprint density at radius 1 is 1.27 bits per heavy atom. The van der Waals surface area contributed by atoms with E-state index in [1.54, 1.807) is 5.32 Å². The standard InChI is InChI=1S/C11H19NO4.C4H6O2/c1-4-9(11(15)16-3)8(2)5-6-12-7-10(13)14;1-3(2)4(5)6/h12H,4-7H2,1-3H3,(H,13,14);1H2,2H3,(H,5,6). The molecule has 0 atom stereocenters. The minimum absolute atomic E-state index is 0.0625. The number of hydrogen-bond acceptors (Lipinski definition) is 5. The summed E-state index contributed by atoms with van der Waals surface area (Å²) >= 11 is 0. The Kier molecular flexibility index (Phi) is 12.7. The van der Waals surface area contributed by atoms with Crippen molar-refractivity contribution in [2.24, 2.45) is 0 Å². The number of esters is 1. The molecule has 0 spiro atoms. The first-order chi connectivity index (χ1) is 10.2. The van der Waals surface area contributed by atoms with Gasteiger partial charge in [0.15, 0.2) is 6.54 Å². The van der Waals surface area contributed by atoms with E-state index >= 15 is 0 Å². The van der Waals surface area contributed by atoms with E-state index in [1.165, 1.54) is 14.0 Å². The summed E-state index contributed by atoms with van der Waals surface area (Å²) in [6.07, 6.45) is 1.34. The van der Waals surface area contributed by atoms with Gasteiger partial charge in [0.1, 0.15) is 0 Å². The molecule has 0 radical (unpaired) electrons. The molecule has 0 rings (SSSR count). The minimum Gasteiger partial charge on any atom is -0.545 e. The number of methoxy groups -OCH3 is 1. The zero-order valence-electron chi connectivity index (χ0n) is 13.6. The molecule has 0 aliphatic carbocycles. The van der Waals surface area contributed by atoms with Crippen LogP contribution in [0.25, 0.3) is 0 Å². The van der Waals surface area contributed by atoms with E-state index in [2.05, 4.69) is 11.3 Å². The molecule has 126 valence electrons. The predicted octanol–water partition coefficient (Wildman–Crippen LogP) is -0.764. The molecule has 0 aromatic rings. The van der Waals surface area contributed by atoms with Gasteiger partial charge in [0.05, 0.1) is 19.6 Å². The lowest BCUT2D eigenvalue weighted by Crippen LogP contribution is -2.86. The average molecular weight is 315 g/mol. The molecule has 3 N–H and O–H groups in total. The fourth-order valence-corrected chi connectivity index (χ4v) is 1.44. The van der Waals surface area contributed by atoms with Gasteiger partial charge in [-0.2, -0.15) is 0 Å². The van der Waals surface area contributed by atoms with Crippen LogP contribution in [0.5, 0.6) is 0 Å². The van der Waals surface area contributed by atoms with Crippen LogP contribution >= 0.6 is 0 Å². The summed E-state index contributed by atoms with van der Waals surface area (Å²) < 4.78 is 4.67. The Bertz CT molecular complexity index is 427. The molecule has 0 saturated heterocycles. The maximum absolute atomic E-state index is 11.3. The highest BCUT2D eigenvalue weighted by Crippen LogP contribution is 2.12. The van der Waals surface area contributed by atoms with Gasteiger partial charge in [0.25, 0.3) is 0 Å². The number of nitrogens with two attached hydrogens (primary N) is 1. The van der Waals surface area contributed by atoms with Gasteiger partial charge in [-0.3, -0.25) is 0 Å². The first-order valence-electron chi connectivity index (χ1n) is 6.84. The van der Waals surface area contributed by atoms with Gasteiger partial charge in [-0.25, -0.2) is 9.59 Å². The third-order valence-corrected chi connectivity index (χ3v) is 2.69. The Morgan fingerprint density at radius 2 is 1.77 bits per heavy atom. The van der Waals surface area contributed by atoms with Crippen molar-refractivity contribution >= 4 is 17.9 Å². The molecule has 0 aromatic carbocycles. The van der Waals surface area contributed by atoms with E-state index < -0.39 is 11.9 Å². The molecule has 0 fully saturated rings. The van der Waals surface area contributed by atoms with Crippen molar-refractivity contribution in [3.63, 3.8) is 0 Å². The van der Waals surface area contributed by atoms with Crippen molar-refractivity contribution in [1.29, 1.82) is 0 Å². The second kappa shape index (κ2) is 12.6. The van der Waals surface area contributed by atoms with Crippen LogP contribution in [0.4, 0.5) is 0 Å². The molecule has 0 saturated carbocycles. The average Bonchev–Trinajstić information content (AvgIpc) is 2.44. The van der Waals surface area contributed by atoms with Crippen LogP contribution in [-0.4, -0.2) is 43.2 Å². The van der Waals surface area contributed by atoms with Crippen molar-refractivity contribution in [2.45, 2.75) is 33.6 Å². The fourth-order valence-electron chi connectivity index (χ4n) is 1.44. The Morgan fingerprint density at radius 3 is 2.09 bits per heavy atom. The SMILES string of the molecule is C=C(C)C(=O)[O-].CCC(C(=O)OC)=C(C)CC[NH2+]CC(=O)O. The molecule has 0 heterocycles. The normalized spacial score (nSPS) is 10.7. The lowest BCUT2D eigenvalue weighted by Gasteiger charge is -2.07. The summed E-state index contributed by atoms with van der Waals surface area (Å²) in [6.45, 7) is 8.98. The van der Waals surface area contributed by atoms with Crippen LogP contribution in [0.2, 0.25) is 0 Å². The zero-order chi connectivity index (χ0) is 17.7. The number of hydrogen-bond donors (Lipinski definition) is 2. The van der Waals surface area contributed by atoms with E-state index in [0.29, 0.717) is 25.0 Å². The van der Waals surface area contributed by atoms with E-state index in [0.717, 1.165) is 5.57 Å². The number of carbonyl (C=O) groups excluding carboxylic acids is 2. The maximum Gasteiger partial charge on any atom is 0.359 e. The zero-order valence-corrected chi connectivity index (χ0v) is 13.6. The molecule has 0 unspecified atom stereocenters. The van der Waals surface area contributed by atoms with Gasteiger partial charge in [-0.05, 0) is 25.8 Å². The smallest absolute Gasteiger partial charge is 0.359 e. The highest BCUT2D eigenvalue weighted by molar-refractivity contribution is 5.89. The molecule has 0 aliphatic rings. The Hall–Kier alpha value is -2.15. The number of aliphatic carboxylic acids is 2. The number of carbonyl (C=O) groups is 3. The molecule has 0 aromatic heterocycles. The van der Waals surface area contributed by atoms with Crippen LogP contribution in [0.3, 0.4) is 0 Å². The summed E-state index contributed by atoms with van der Waals surface area (Å²) in [4.78, 5) is 31.1. The molecular formula is C15H25NO6. The first-order valence-corrected chi connectivity index (χ1v) is 6.84. The van der Waals surface area contributed by atoms with Crippen molar-refractivity contribution in [3.8, 4) is 0 Å². The second-order valence-electron chi connectivity index (χ2n) is 4.60. The first kappa shape index (κ1) is 22.1. The number of rotatable bonds is 8. The van der Waals surface area contributed by atoms with Gasteiger partial charge in [0, 0.05) is 12.0 Å². The van der Waals surface area contributed by atoms with Crippen molar-refractivity contribution < 1.29 is 34.7 Å².